The quantitative estimate of drug-likeness (QED) is 0.692. The van der Waals surface area contributed by atoms with E-state index in [0.29, 0.717) is 11.3 Å². The number of nitriles is 1. The van der Waals surface area contributed by atoms with Gasteiger partial charge in [0.1, 0.15) is 5.75 Å². The zero-order chi connectivity index (χ0) is 10.6. The summed E-state index contributed by atoms with van der Waals surface area (Å²) >= 11 is 0. The molecule has 4 heteroatoms. The Balaban J connectivity index is 2.95. The Labute approximate surface area is 81.8 Å². The minimum atomic E-state index is -0.182. The van der Waals surface area contributed by atoms with Gasteiger partial charge in [0, 0.05) is 18.2 Å². The van der Waals surface area contributed by atoms with E-state index in [-0.39, 0.29) is 18.1 Å². The number of hydrogen-bond donors (Lipinski definition) is 2. The minimum absolute atomic E-state index is 0.0700. The minimum Gasteiger partial charge on any atom is -0.508 e. The molecule has 0 bridgehead atoms. The molecule has 1 rings (SSSR count). The topological polar surface area (TPSA) is 73.1 Å². The molecule has 0 aliphatic rings. The number of phenolic OH excluding ortho intramolecular Hbond substituents is 1. The van der Waals surface area contributed by atoms with Gasteiger partial charge in [0.25, 0.3) is 0 Å². The number of rotatable bonds is 2. The lowest BCUT2D eigenvalue weighted by Gasteiger charge is -2.05. The second kappa shape index (κ2) is 4.28. The van der Waals surface area contributed by atoms with Crippen molar-refractivity contribution in [1.29, 1.82) is 5.26 Å². The van der Waals surface area contributed by atoms with Gasteiger partial charge in [0.05, 0.1) is 12.5 Å². The van der Waals surface area contributed by atoms with E-state index in [1.54, 1.807) is 12.1 Å². The molecule has 0 atom stereocenters. The molecule has 1 amide bonds. The fourth-order valence-corrected chi connectivity index (χ4v) is 1.09. The largest absolute Gasteiger partial charge is 0.508 e. The van der Waals surface area contributed by atoms with Crippen LogP contribution in [0.4, 0.5) is 5.69 Å². The summed E-state index contributed by atoms with van der Waals surface area (Å²) in [7, 11) is 0. The van der Waals surface area contributed by atoms with Gasteiger partial charge in [0.15, 0.2) is 0 Å². The number of nitrogens with one attached hydrogen (secondary N) is 1. The summed E-state index contributed by atoms with van der Waals surface area (Å²) in [6.45, 7) is 1.40. The van der Waals surface area contributed by atoms with Gasteiger partial charge < -0.3 is 10.4 Å². The van der Waals surface area contributed by atoms with Crippen LogP contribution in [0.25, 0.3) is 0 Å². The van der Waals surface area contributed by atoms with Crippen molar-refractivity contribution >= 4 is 11.6 Å². The number of aromatic hydroxyl groups is 1. The van der Waals surface area contributed by atoms with Crippen molar-refractivity contribution in [3.8, 4) is 11.8 Å². The molecule has 0 saturated carbocycles. The molecule has 72 valence electrons. The Morgan fingerprint density at radius 3 is 2.93 bits per heavy atom. The van der Waals surface area contributed by atoms with Crippen LogP contribution in [0.2, 0.25) is 0 Å². The van der Waals surface area contributed by atoms with Gasteiger partial charge in [-0.3, -0.25) is 4.79 Å². The highest BCUT2D eigenvalue weighted by atomic mass is 16.3. The van der Waals surface area contributed by atoms with Gasteiger partial charge in [-0.1, -0.05) is 0 Å². The average molecular weight is 190 g/mol. The number of carbonyl (C=O) groups excluding carboxylic acids is 1. The highest BCUT2D eigenvalue weighted by molar-refractivity contribution is 5.88. The van der Waals surface area contributed by atoms with Gasteiger partial charge in [-0.15, -0.1) is 0 Å². The van der Waals surface area contributed by atoms with Crippen molar-refractivity contribution in [3.05, 3.63) is 23.8 Å². The van der Waals surface area contributed by atoms with E-state index < -0.39 is 0 Å². The predicted molar refractivity (Wildman–Crippen MR) is 51.7 cm³/mol. The lowest BCUT2D eigenvalue weighted by molar-refractivity contribution is -0.114. The van der Waals surface area contributed by atoms with Crippen LogP contribution in [0.15, 0.2) is 18.2 Å². The van der Waals surface area contributed by atoms with Crippen LogP contribution in [0, 0.1) is 11.3 Å². The molecule has 0 heterocycles. The van der Waals surface area contributed by atoms with Gasteiger partial charge in [-0.25, -0.2) is 0 Å². The molecule has 0 aromatic heterocycles. The molecule has 0 radical (unpaired) electrons. The van der Waals surface area contributed by atoms with E-state index in [9.17, 15) is 9.90 Å². The van der Waals surface area contributed by atoms with E-state index in [2.05, 4.69) is 5.32 Å². The van der Waals surface area contributed by atoms with E-state index in [1.807, 2.05) is 6.07 Å². The smallest absolute Gasteiger partial charge is 0.221 e. The van der Waals surface area contributed by atoms with Gasteiger partial charge in [-0.2, -0.15) is 5.26 Å². The number of anilines is 1. The average Bonchev–Trinajstić information content (AvgIpc) is 2.10. The summed E-state index contributed by atoms with van der Waals surface area (Å²) in [5.41, 5.74) is 1.10. The molecule has 14 heavy (non-hydrogen) atoms. The van der Waals surface area contributed by atoms with Gasteiger partial charge >= 0.3 is 0 Å². The number of benzene rings is 1. The maximum Gasteiger partial charge on any atom is 0.221 e. The first-order valence-corrected chi connectivity index (χ1v) is 4.10. The standard InChI is InChI=1S/C10H10N2O2/c1-7(13)12-9-2-3-10(14)8(6-9)4-5-11/h2-3,6,14H,4H2,1H3,(H,12,13). The molecular weight excluding hydrogens is 180 g/mol. The highest BCUT2D eigenvalue weighted by Crippen LogP contribution is 2.21. The first kappa shape index (κ1) is 10.1. The Morgan fingerprint density at radius 1 is 1.64 bits per heavy atom. The maximum absolute atomic E-state index is 10.7. The second-order valence-electron chi connectivity index (χ2n) is 2.86. The molecule has 2 N–H and O–H groups in total. The zero-order valence-corrected chi connectivity index (χ0v) is 7.74. The maximum atomic E-state index is 10.7. The molecule has 1 aromatic carbocycles. The fraction of sp³-hybridized carbons (Fsp3) is 0.200. The van der Waals surface area contributed by atoms with Crippen molar-refractivity contribution in [2.75, 3.05) is 5.32 Å². The number of carbonyl (C=O) groups is 1. The molecule has 0 spiro atoms. The highest BCUT2D eigenvalue weighted by Gasteiger charge is 2.02. The summed E-state index contributed by atoms with van der Waals surface area (Å²) < 4.78 is 0. The number of phenols is 1. The van der Waals surface area contributed by atoms with Crippen molar-refractivity contribution in [2.24, 2.45) is 0 Å². The summed E-state index contributed by atoms with van der Waals surface area (Å²) in [5.74, 6) is -0.112. The third-order valence-electron chi connectivity index (χ3n) is 1.67. The normalized spacial score (nSPS) is 9.14. The molecular formula is C10H10N2O2. The van der Waals surface area contributed by atoms with Gasteiger partial charge in [-0.05, 0) is 18.2 Å². The summed E-state index contributed by atoms with van der Waals surface area (Å²) in [4.78, 5) is 10.7. The Bertz CT molecular complexity index is 394. The number of nitrogens with zero attached hydrogens (tertiary/aromatic N) is 1. The summed E-state index contributed by atoms with van der Waals surface area (Å²) in [6.07, 6.45) is 0.124. The molecule has 0 aliphatic heterocycles. The Morgan fingerprint density at radius 2 is 2.36 bits per heavy atom. The van der Waals surface area contributed by atoms with Crippen LogP contribution in [0.1, 0.15) is 12.5 Å². The van der Waals surface area contributed by atoms with Crippen molar-refractivity contribution in [2.45, 2.75) is 13.3 Å². The second-order valence-corrected chi connectivity index (χ2v) is 2.86. The Kier molecular flexibility index (Phi) is 3.08. The fourth-order valence-electron chi connectivity index (χ4n) is 1.09. The third kappa shape index (κ3) is 2.49. The van der Waals surface area contributed by atoms with E-state index in [1.165, 1.54) is 13.0 Å². The Hall–Kier alpha value is -2.02. The number of amides is 1. The SMILES string of the molecule is CC(=O)Nc1ccc(O)c(CC#N)c1. The van der Waals surface area contributed by atoms with Crippen LogP contribution in [0.3, 0.4) is 0 Å². The van der Waals surface area contributed by atoms with Crippen LogP contribution in [-0.2, 0) is 11.2 Å². The van der Waals surface area contributed by atoms with Crippen molar-refractivity contribution < 1.29 is 9.90 Å². The van der Waals surface area contributed by atoms with Crippen LogP contribution in [-0.4, -0.2) is 11.0 Å². The lowest BCUT2D eigenvalue weighted by Crippen LogP contribution is -2.05. The van der Waals surface area contributed by atoms with E-state index in [4.69, 9.17) is 5.26 Å². The molecule has 0 unspecified atom stereocenters. The molecule has 1 aromatic rings. The van der Waals surface area contributed by atoms with Crippen LogP contribution >= 0.6 is 0 Å². The monoisotopic (exact) mass is 190 g/mol. The first-order valence-electron chi connectivity index (χ1n) is 4.10. The molecule has 0 saturated heterocycles. The first-order chi connectivity index (χ1) is 6.63. The third-order valence-corrected chi connectivity index (χ3v) is 1.67. The van der Waals surface area contributed by atoms with E-state index in [0.717, 1.165) is 0 Å². The van der Waals surface area contributed by atoms with Crippen molar-refractivity contribution in [3.63, 3.8) is 0 Å². The summed E-state index contributed by atoms with van der Waals surface area (Å²) in [6, 6.07) is 6.55. The van der Waals surface area contributed by atoms with E-state index >= 15 is 0 Å². The molecule has 4 nitrogen and oxygen atoms in total. The van der Waals surface area contributed by atoms with Crippen molar-refractivity contribution in [1.82, 2.24) is 0 Å². The number of hydrogen-bond acceptors (Lipinski definition) is 3. The molecule has 0 aliphatic carbocycles. The van der Waals surface area contributed by atoms with Crippen LogP contribution in [0.5, 0.6) is 5.75 Å². The molecule has 0 fully saturated rings. The lowest BCUT2D eigenvalue weighted by atomic mass is 10.1. The van der Waals surface area contributed by atoms with Crippen LogP contribution < -0.4 is 5.32 Å². The zero-order valence-electron chi connectivity index (χ0n) is 7.74. The predicted octanol–water partition coefficient (Wildman–Crippen LogP) is 1.42. The van der Waals surface area contributed by atoms with Gasteiger partial charge in [0.2, 0.25) is 5.91 Å². The summed E-state index contributed by atoms with van der Waals surface area (Å²) in [5, 5.41) is 20.4.